The fourth-order valence-corrected chi connectivity index (χ4v) is 5.26. The number of carbonyl (C=O) groups is 1. The van der Waals surface area contributed by atoms with Gasteiger partial charge in [0.2, 0.25) is 10.0 Å². The average Bonchev–Trinajstić information content (AvgIpc) is 2.84. The highest BCUT2D eigenvalue weighted by Crippen LogP contribution is 2.30. The van der Waals surface area contributed by atoms with Gasteiger partial charge in [0.05, 0.1) is 21.7 Å². The van der Waals surface area contributed by atoms with Crippen molar-refractivity contribution in [3.63, 3.8) is 0 Å². The molecule has 1 aliphatic rings. The molecule has 0 atom stereocenters. The Balaban J connectivity index is 1.49. The summed E-state index contributed by atoms with van der Waals surface area (Å²) in [6.07, 6.45) is -4.56. The van der Waals surface area contributed by atoms with E-state index in [1.807, 2.05) is 0 Å². The third-order valence-electron chi connectivity index (χ3n) is 5.72. The Morgan fingerprint density at radius 2 is 1.47 bits per heavy atom. The third-order valence-corrected chi connectivity index (χ3v) is 7.62. The maximum Gasteiger partial charge on any atom is 0.416 e. The summed E-state index contributed by atoms with van der Waals surface area (Å²) < 4.78 is 94.1. The van der Waals surface area contributed by atoms with E-state index >= 15 is 0 Å². The number of halogens is 5. The molecule has 0 saturated carbocycles. The highest BCUT2D eigenvalue weighted by atomic mass is 32.2. The van der Waals surface area contributed by atoms with Gasteiger partial charge < -0.3 is 10.2 Å². The lowest BCUT2D eigenvalue weighted by Gasteiger charge is -2.35. The maximum absolute atomic E-state index is 14.4. The van der Waals surface area contributed by atoms with Gasteiger partial charge in [-0.1, -0.05) is 12.1 Å². The first-order chi connectivity index (χ1) is 17.0. The first-order valence-corrected chi connectivity index (χ1v) is 12.2. The molecule has 0 spiro atoms. The Bertz CT molecular complexity index is 1370. The van der Waals surface area contributed by atoms with Crippen molar-refractivity contribution in [3.8, 4) is 0 Å². The summed E-state index contributed by atoms with van der Waals surface area (Å²) >= 11 is 0. The minimum Gasteiger partial charge on any atom is -0.367 e. The van der Waals surface area contributed by atoms with Crippen LogP contribution in [0.3, 0.4) is 0 Å². The standard InChI is InChI=1S/C24H20F5N3O3S/c25-20-10-9-18(15-19(20)23(33)30-17-7-5-16(6-8-17)24(27,28)29)36(34,35)32-13-11-31(12-14-32)22-4-2-1-3-21(22)26/h1-10,15H,11-14H2,(H,30,33). The average molecular weight is 525 g/mol. The van der Waals surface area contributed by atoms with Crippen molar-refractivity contribution in [2.45, 2.75) is 11.1 Å². The molecule has 3 aromatic carbocycles. The molecule has 1 heterocycles. The van der Waals surface area contributed by atoms with Gasteiger partial charge in [-0.05, 0) is 54.6 Å². The van der Waals surface area contributed by atoms with Crippen LogP contribution in [0.2, 0.25) is 0 Å². The van der Waals surface area contributed by atoms with Gasteiger partial charge in [0.25, 0.3) is 5.91 Å². The summed E-state index contributed by atoms with van der Waals surface area (Å²) in [5, 5.41) is 2.27. The molecule has 0 aliphatic carbocycles. The number of rotatable bonds is 5. The molecule has 1 aliphatic heterocycles. The smallest absolute Gasteiger partial charge is 0.367 e. The van der Waals surface area contributed by atoms with Crippen LogP contribution in [-0.2, 0) is 16.2 Å². The molecule has 1 amide bonds. The molecular weight excluding hydrogens is 505 g/mol. The molecule has 0 bridgehead atoms. The van der Waals surface area contributed by atoms with E-state index in [0.29, 0.717) is 5.69 Å². The molecule has 6 nitrogen and oxygen atoms in total. The SMILES string of the molecule is O=C(Nc1ccc(C(F)(F)F)cc1)c1cc(S(=O)(=O)N2CCN(c3ccccc3F)CC2)ccc1F. The zero-order valence-corrected chi connectivity index (χ0v) is 19.4. The van der Waals surface area contributed by atoms with Gasteiger partial charge in [0, 0.05) is 31.9 Å². The Morgan fingerprint density at radius 1 is 0.833 bits per heavy atom. The van der Waals surface area contributed by atoms with Gasteiger partial charge >= 0.3 is 6.18 Å². The van der Waals surface area contributed by atoms with Crippen molar-refractivity contribution in [2.75, 3.05) is 36.4 Å². The van der Waals surface area contributed by atoms with Crippen LogP contribution in [0.5, 0.6) is 0 Å². The lowest BCUT2D eigenvalue weighted by Crippen LogP contribution is -2.48. The zero-order valence-electron chi connectivity index (χ0n) is 18.6. The predicted octanol–water partition coefficient (Wildman–Crippen LogP) is 4.75. The van der Waals surface area contributed by atoms with Gasteiger partial charge in [-0.15, -0.1) is 0 Å². The Labute approximate surface area is 204 Å². The van der Waals surface area contributed by atoms with Crippen molar-refractivity contribution < 1.29 is 35.2 Å². The first kappa shape index (κ1) is 25.6. The summed E-state index contributed by atoms with van der Waals surface area (Å²) in [7, 11) is -4.10. The van der Waals surface area contributed by atoms with E-state index in [4.69, 9.17) is 0 Å². The molecule has 0 radical (unpaired) electrons. The fraction of sp³-hybridized carbons (Fsp3) is 0.208. The minimum atomic E-state index is -4.56. The van der Waals surface area contributed by atoms with Gasteiger partial charge in [-0.3, -0.25) is 4.79 Å². The largest absolute Gasteiger partial charge is 0.416 e. The van der Waals surface area contributed by atoms with Crippen LogP contribution in [0, 0.1) is 11.6 Å². The van der Waals surface area contributed by atoms with Crippen molar-refractivity contribution in [1.82, 2.24) is 4.31 Å². The summed E-state index contributed by atoms with van der Waals surface area (Å²) in [4.78, 5) is 14.0. The lowest BCUT2D eigenvalue weighted by atomic mass is 10.1. The number of nitrogens with one attached hydrogen (secondary N) is 1. The fourth-order valence-electron chi connectivity index (χ4n) is 3.81. The molecule has 36 heavy (non-hydrogen) atoms. The molecule has 3 aromatic rings. The summed E-state index contributed by atoms with van der Waals surface area (Å²) in [5.74, 6) is -2.44. The summed E-state index contributed by atoms with van der Waals surface area (Å²) in [6.45, 7) is 0.535. The highest BCUT2D eigenvalue weighted by molar-refractivity contribution is 7.89. The molecule has 0 aromatic heterocycles. The molecule has 4 rings (SSSR count). The molecule has 190 valence electrons. The van der Waals surface area contributed by atoms with E-state index in [1.54, 1.807) is 23.1 Å². The van der Waals surface area contributed by atoms with E-state index in [2.05, 4.69) is 5.32 Å². The van der Waals surface area contributed by atoms with Crippen molar-refractivity contribution >= 4 is 27.3 Å². The zero-order chi connectivity index (χ0) is 26.1. The number of carbonyl (C=O) groups excluding carboxylic acids is 1. The number of hydrogen-bond donors (Lipinski definition) is 1. The third kappa shape index (κ3) is 5.34. The number of anilines is 2. The molecule has 12 heteroatoms. The number of alkyl halides is 3. The van der Waals surface area contributed by atoms with Crippen molar-refractivity contribution in [2.24, 2.45) is 0 Å². The molecule has 1 fully saturated rings. The molecule has 1 saturated heterocycles. The van der Waals surface area contributed by atoms with Crippen LogP contribution in [0.1, 0.15) is 15.9 Å². The number of para-hydroxylation sites is 1. The lowest BCUT2D eigenvalue weighted by molar-refractivity contribution is -0.137. The van der Waals surface area contributed by atoms with Crippen LogP contribution in [0.25, 0.3) is 0 Å². The van der Waals surface area contributed by atoms with Gasteiger partial charge in [-0.25, -0.2) is 17.2 Å². The molecule has 0 unspecified atom stereocenters. The van der Waals surface area contributed by atoms with Crippen LogP contribution in [0.15, 0.2) is 71.6 Å². The van der Waals surface area contributed by atoms with Crippen molar-refractivity contribution in [1.29, 1.82) is 0 Å². The minimum absolute atomic E-state index is 0.0232. The highest BCUT2D eigenvalue weighted by Gasteiger charge is 2.31. The second kappa shape index (κ2) is 9.86. The topological polar surface area (TPSA) is 69.7 Å². The Morgan fingerprint density at radius 3 is 2.08 bits per heavy atom. The van der Waals surface area contributed by atoms with Crippen LogP contribution in [-0.4, -0.2) is 44.8 Å². The Kier molecular flexibility index (Phi) is 7.01. The van der Waals surface area contributed by atoms with Crippen molar-refractivity contribution in [3.05, 3.63) is 89.5 Å². The number of hydrogen-bond acceptors (Lipinski definition) is 4. The Hall–Kier alpha value is -3.51. The first-order valence-electron chi connectivity index (χ1n) is 10.7. The van der Waals surface area contributed by atoms with Crippen LogP contribution >= 0.6 is 0 Å². The quantitative estimate of drug-likeness (QED) is 0.489. The number of benzene rings is 3. The number of nitrogens with zero attached hydrogens (tertiary/aromatic N) is 2. The van der Waals surface area contributed by atoms with E-state index in [9.17, 15) is 35.2 Å². The number of piperazine rings is 1. The summed E-state index contributed by atoms with van der Waals surface area (Å²) in [6, 6.07) is 12.4. The van der Waals surface area contributed by atoms with Gasteiger partial charge in [0.1, 0.15) is 11.6 Å². The number of amides is 1. The van der Waals surface area contributed by atoms with E-state index in [1.165, 1.54) is 6.07 Å². The number of sulfonamides is 1. The second-order valence-electron chi connectivity index (χ2n) is 8.01. The van der Waals surface area contributed by atoms with E-state index < -0.39 is 44.9 Å². The summed E-state index contributed by atoms with van der Waals surface area (Å²) in [5.41, 5.74) is -1.17. The maximum atomic E-state index is 14.4. The molecule has 1 N–H and O–H groups in total. The van der Waals surface area contributed by atoms with Crippen LogP contribution < -0.4 is 10.2 Å². The monoisotopic (exact) mass is 525 g/mol. The van der Waals surface area contributed by atoms with E-state index in [-0.39, 0.29) is 36.8 Å². The predicted molar refractivity (Wildman–Crippen MR) is 123 cm³/mol. The second-order valence-corrected chi connectivity index (χ2v) is 9.95. The normalized spacial score (nSPS) is 15.1. The van der Waals surface area contributed by atoms with Gasteiger partial charge in [0.15, 0.2) is 0 Å². The molecular formula is C24H20F5N3O3S. The van der Waals surface area contributed by atoms with Gasteiger partial charge in [-0.2, -0.15) is 17.5 Å². The van der Waals surface area contributed by atoms with E-state index in [0.717, 1.165) is 46.8 Å². The van der Waals surface area contributed by atoms with Crippen LogP contribution in [0.4, 0.5) is 33.3 Å².